The van der Waals surface area contributed by atoms with Gasteiger partial charge in [-0.3, -0.25) is 14.7 Å². The fraction of sp³-hybridized carbons (Fsp3) is 0.333. The molecule has 2 aliphatic rings. The maximum atomic E-state index is 13.1. The van der Waals surface area contributed by atoms with Gasteiger partial charge >= 0.3 is 0 Å². The van der Waals surface area contributed by atoms with Gasteiger partial charge in [0.25, 0.3) is 6.43 Å². The molecule has 190 valence electrons. The van der Waals surface area contributed by atoms with E-state index < -0.39 is 6.43 Å². The molecule has 0 unspecified atom stereocenters. The smallest absolute Gasteiger partial charge is 0.280 e. The number of carbonyl (C=O) groups excluding carboxylic acids is 1. The molecular weight excluding hydrogens is 476 g/mol. The third-order valence-corrected chi connectivity index (χ3v) is 6.95. The number of nitrogens with one attached hydrogen (secondary N) is 2. The summed E-state index contributed by atoms with van der Waals surface area (Å²) in [6.45, 7) is 3.92. The molecule has 1 amide bonds. The molecule has 0 bridgehead atoms. The van der Waals surface area contributed by atoms with Gasteiger partial charge in [0.05, 0.1) is 11.0 Å². The highest BCUT2D eigenvalue weighted by molar-refractivity contribution is 5.84. The number of pyridine rings is 2. The summed E-state index contributed by atoms with van der Waals surface area (Å²) >= 11 is 0. The summed E-state index contributed by atoms with van der Waals surface area (Å²) < 4.78 is 26.2. The van der Waals surface area contributed by atoms with E-state index in [0.717, 1.165) is 67.7 Å². The topological polar surface area (TPSA) is 90.0 Å². The van der Waals surface area contributed by atoms with E-state index in [2.05, 4.69) is 30.2 Å². The Morgan fingerprint density at radius 1 is 1.03 bits per heavy atom. The molecule has 8 nitrogen and oxygen atoms in total. The Morgan fingerprint density at radius 2 is 1.84 bits per heavy atom. The van der Waals surface area contributed by atoms with Gasteiger partial charge in [0.15, 0.2) is 0 Å². The first kappa shape index (κ1) is 23.5. The van der Waals surface area contributed by atoms with Crippen molar-refractivity contribution in [1.29, 1.82) is 0 Å². The minimum Gasteiger partial charge on any atom is -0.340 e. The lowest BCUT2D eigenvalue weighted by atomic mass is 10.1. The number of carbonyl (C=O) groups is 1. The van der Waals surface area contributed by atoms with Gasteiger partial charge in [-0.05, 0) is 54.3 Å². The number of hydrogen-bond acceptors (Lipinski definition) is 6. The van der Waals surface area contributed by atoms with Crippen molar-refractivity contribution in [2.75, 3.05) is 31.5 Å². The summed E-state index contributed by atoms with van der Waals surface area (Å²) in [6.07, 6.45) is 2.59. The molecule has 0 radical (unpaired) electrons. The number of H-pyrrole nitrogens is 1. The van der Waals surface area contributed by atoms with Crippen LogP contribution in [-0.4, -0.2) is 61.8 Å². The van der Waals surface area contributed by atoms with Crippen LogP contribution in [-0.2, 0) is 11.3 Å². The molecule has 2 fully saturated rings. The zero-order valence-electron chi connectivity index (χ0n) is 20.2. The normalized spacial score (nSPS) is 16.5. The fourth-order valence-corrected chi connectivity index (χ4v) is 4.74. The Hall–Kier alpha value is -3.92. The number of aromatic nitrogens is 4. The van der Waals surface area contributed by atoms with Crippen LogP contribution >= 0.6 is 0 Å². The van der Waals surface area contributed by atoms with Gasteiger partial charge in [-0.15, -0.1) is 0 Å². The zero-order valence-corrected chi connectivity index (χ0v) is 20.2. The van der Waals surface area contributed by atoms with Crippen LogP contribution in [0.4, 0.5) is 20.5 Å². The average molecular weight is 504 g/mol. The van der Waals surface area contributed by atoms with Crippen molar-refractivity contribution in [3.8, 4) is 11.1 Å². The van der Waals surface area contributed by atoms with E-state index >= 15 is 0 Å². The van der Waals surface area contributed by atoms with Crippen molar-refractivity contribution >= 4 is 28.7 Å². The van der Waals surface area contributed by atoms with Crippen LogP contribution in [0, 0.1) is 5.92 Å². The van der Waals surface area contributed by atoms with Crippen LogP contribution in [0.15, 0.2) is 54.9 Å². The van der Waals surface area contributed by atoms with Gasteiger partial charge in [0.1, 0.15) is 11.5 Å². The summed E-state index contributed by atoms with van der Waals surface area (Å²) in [6, 6.07) is 12.7. The molecule has 1 saturated heterocycles. The Bertz CT molecular complexity index is 1430. The first-order chi connectivity index (χ1) is 18.0. The summed E-state index contributed by atoms with van der Waals surface area (Å²) in [5.41, 5.74) is 3.80. The van der Waals surface area contributed by atoms with Crippen LogP contribution in [0.2, 0.25) is 0 Å². The van der Waals surface area contributed by atoms with Gasteiger partial charge in [0, 0.05) is 56.6 Å². The number of imidazole rings is 1. The molecule has 3 aromatic heterocycles. The average Bonchev–Trinajstić information content (AvgIpc) is 3.69. The van der Waals surface area contributed by atoms with E-state index in [1.807, 2.05) is 35.2 Å². The Balaban J connectivity index is 1.16. The number of hydrogen-bond donors (Lipinski definition) is 2. The number of rotatable bonds is 7. The van der Waals surface area contributed by atoms with E-state index in [1.54, 1.807) is 12.3 Å². The lowest BCUT2D eigenvalue weighted by molar-refractivity contribution is -0.134. The van der Waals surface area contributed by atoms with Crippen molar-refractivity contribution in [3.63, 3.8) is 0 Å². The molecule has 4 aromatic rings. The molecule has 0 spiro atoms. The molecule has 1 aliphatic heterocycles. The van der Waals surface area contributed by atoms with Crippen LogP contribution in [0.3, 0.4) is 0 Å². The number of anilines is 2. The summed E-state index contributed by atoms with van der Waals surface area (Å²) in [4.78, 5) is 32.9. The van der Waals surface area contributed by atoms with Gasteiger partial charge in [-0.1, -0.05) is 12.1 Å². The molecule has 4 heterocycles. The number of benzene rings is 1. The highest BCUT2D eigenvalue weighted by Gasteiger charge is 2.34. The number of halogens is 2. The first-order valence-corrected chi connectivity index (χ1v) is 12.5. The third kappa shape index (κ3) is 5.15. The lowest BCUT2D eigenvalue weighted by Gasteiger charge is -2.35. The number of amides is 1. The molecule has 6 rings (SSSR count). The highest BCUT2D eigenvalue weighted by Crippen LogP contribution is 2.31. The number of fused-ring (bicyclic) bond motifs is 1. The van der Waals surface area contributed by atoms with Gasteiger partial charge in [-0.25, -0.2) is 18.7 Å². The van der Waals surface area contributed by atoms with Crippen molar-refractivity contribution in [2.24, 2.45) is 5.92 Å². The molecular formula is C27H27F2N7O. The van der Waals surface area contributed by atoms with Crippen LogP contribution in [0.25, 0.3) is 22.2 Å². The Labute approximate surface area is 212 Å². The molecule has 1 saturated carbocycles. The van der Waals surface area contributed by atoms with Crippen molar-refractivity contribution < 1.29 is 13.6 Å². The van der Waals surface area contributed by atoms with E-state index in [9.17, 15) is 13.6 Å². The fourth-order valence-electron chi connectivity index (χ4n) is 4.74. The van der Waals surface area contributed by atoms with E-state index in [0.29, 0.717) is 23.2 Å². The molecule has 0 atom stereocenters. The standard InChI is InChI=1S/C27H27F2N7O/c28-24(29)23-15-19(7-9-30-23)18-5-6-21-22(14-18)33-27(32-21)34-25-20(2-1-8-31-25)16-35-10-12-36(13-11-35)26(37)17-3-4-17/h1-2,5-9,14-15,17,24H,3-4,10-13,16H2,(H2,31,32,33,34). The third-order valence-electron chi connectivity index (χ3n) is 6.95. The maximum Gasteiger partial charge on any atom is 0.280 e. The largest absolute Gasteiger partial charge is 0.340 e. The van der Waals surface area contributed by atoms with Crippen molar-refractivity contribution in [2.45, 2.75) is 25.8 Å². The number of aromatic amines is 1. The minimum absolute atomic E-state index is 0.247. The van der Waals surface area contributed by atoms with E-state index in [-0.39, 0.29) is 11.6 Å². The zero-order chi connectivity index (χ0) is 25.4. The Morgan fingerprint density at radius 3 is 2.62 bits per heavy atom. The first-order valence-electron chi connectivity index (χ1n) is 12.5. The molecule has 2 N–H and O–H groups in total. The quantitative estimate of drug-likeness (QED) is 0.378. The van der Waals surface area contributed by atoms with Gasteiger partial charge in [0.2, 0.25) is 11.9 Å². The minimum atomic E-state index is -2.62. The summed E-state index contributed by atoms with van der Waals surface area (Å²) in [5.74, 6) is 1.85. The monoisotopic (exact) mass is 503 g/mol. The molecule has 37 heavy (non-hydrogen) atoms. The predicted octanol–water partition coefficient (Wildman–Crippen LogP) is 4.76. The van der Waals surface area contributed by atoms with E-state index in [4.69, 9.17) is 0 Å². The molecule has 1 aromatic carbocycles. The van der Waals surface area contributed by atoms with Gasteiger partial charge in [-0.2, -0.15) is 0 Å². The second kappa shape index (κ2) is 9.85. The lowest BCUT2D eigenvalue weighted by Crippen LogP contribution is -2.48. The van der Waals surface area contributed by atoms with Crippen LogP contribution in [0.5, 0.6) is 0 Å². The SMILES string of the molecule is O=C(C1CC1)N1CCN(Cc2cccnc2Nc2nc3ccc(-c4ccnc(C(F)F)c4)cc3[nH]2)CC1. The van der Waals surface area contributed by atoms with Gasteiger partial charge < -0.3 is 15.2 Å². The van der Waals surface area contributed by atoms with Crippen LogP contribution in [0.1, 0.15) is 30.5 Å². The second-order valence-electron chi connectivity index (χ2n) is 9.60. The summed E-state index contributed by atoms with van der Waals surface area (Å²) in [5, 5.41) is 3.31. The second-order valence-corrected chi connectivity index (χ2v) is 9.60. The van der Waals surface area contributed by atoms with Crippen molar-refractivity contribution in [1.82, 2.24) is 29.7 Å². The van der Waals surface area contributed by atoms with Crippen LogP contribution < -0.4 is 5.32 Å². The number of piperazine rings is 1. The number of alkyl halides is 2. The highest BCUT2D eigenvalue weighted by atomic mass is 19.3. The number of nitrogens with zero attached hydrogens (tertiary/aromatic N) is 5. The Kier molecular flexibility index (Phi) is 6.25. The van der Waals surface area contributed by atoms with E-state index in [1.165, 1.54) is 12.3 Å². The van der Waals surface area contributed by atoms with Crippen molar-refractivity contribution in [3.05, 3.63) is 66.1 Å². The summed E-state index contributed by atoms with van der Waals surface area (Å²) in [7, 11) is 0. The molecule has 1 aliphatic carbocycles. The molecule has 10 heteroatoms. The predicted molar refractivity (Wildman–Crippen MR) is 136 cm³/mol. The maximum absolute atomic E-state index is 13.1.